The number of ketones is 1. The van der Waals surface area contributed by atoms with E-state index in [0.29, 0.717) is 34.0 Å². The molecule has 0 unspecified atom stereocenters. The molecule has 156 valence electrons. The first-order chi connectivity index (χ1) is 14.5. The lowest BCUT2D eigenvalue weighted by atomic mass is 9.99. The maximum atomic E-state index is 13.3. The Morgan fingerprint density at radius 2 is 1.83 bits per heavy atom. The molecule has 0 radical (unpaired) electrons. The van der Waals surface area contributed by atoms with Gasteiger partial charge < -0.3 is 15.8 Å². The summed E-state index contributed by atoms with van der Waals surface area (Å²) in [4.78, 5) is 26.6. The summed E-state index contributed by atoms with van der Waals surface area (Å²) in [5, 5.41) is 3.95. The number of ether oxygens (including phenoxy) is 1. The number of thiophene rings is 1. The van der Waals surface area contributed by atoms with E-state index in [1.54, 1.807) is 12.1 Å². The Hall–Kier alpha value is -2.96. The summed E-state index contributed by atoms with van der Waals surface area (Å²) in [6.45, 7) is 2.57. The lowest BCUT2D eigenvalue weighted by Gasteiger charge is -2.09. The van der Waals surface area contributed by atoms with Gasteiger partial charge in [-0.05, 0) is 56.0 Å². The third-order valence-corrected chi connectivity index (χ3v) is 5.94. The van der Waals surface area contributed by atoms with Crippen molar-refractivity contribution in [1.82, 2.24) is 0 Å². The first-order valence-corrected chi connectivity index (χ1v) is 10.7. The molecule has 0 aliphatic carbocycles. The van der Waals surface area contributed by atoms with Crippen LogP contribution in [0.4, 0.5) is 10.7 Å². The van der Waals surface area contributed by atoms with Gasteiger partial charge in [-0.15, -0.1) is 11.3 Å². The van der Waals surface area contributed by atoms with Crippen LogP contribution in [0.15, 0.2) is 54.6 Å². The first-order valence-electron chi connectivity index (χ1n) is 9.92. The third-order valence-electron chi connectivity index (χ3n) is 4.80. The van der Waals surface area contributed by atoms with E-state index in [9.17, 15) is 9.59 Å². The standard InChI is InChI=1S/C24H26N2O3S/c1-16-9-8-12-18(15-16)26-23-20(24(28)29-2)19(13-6-7-14-25)22(30-23)21(27)17-10-4-3-5-11-17/h3-5,8-12,15,26H,6-7,13-14,25H2,1-2H3. The van der Waals surface area contributed by atoms with E-state index in [1.807, 2.05) is 49.4 Å². The number of hydrogen-bond acceptors (Lipinski definition) is 6. The highest BCUT2D eigenvalue weighted by Gasteiger charge is 2.28. The molecular formula is C24H26N2O3S. The van der Waals surface area contributed by atoms with E-state index < -0.39 is 5.97 Å². The van der Waals surface area contributed by atoms with Crippen molar-refractivity contribution < 1.29 is 14.3 Å². The van der Waals surface area contributed by atoms with Crippen LogP contribution in [0.5, 0.6) is 0 Å². The smallest absolute Gasteiger partial charge is 0.341 e. The molecule has 0 bridgehead atoms. The van der Waals surface area contributed by atoms with Crippen molar-refractivity contribution in [2.45, 2.75) is 26.2 Å². The molecule has 3 rings (SSSR count). The van der Waals surface area contributed by atoms with Gasteiger partial charge in [-0.1, -0.05) is 42.5 Å². The molecule has 5 nitrogen and oxygen atoms in total. The number of aryl methyl sites for hydroxylation is 1. The number of methoxy groups -OCH3 is 1. The fraction of sp³-hybridized carbons (Fsp3) is 0.250. The first kappa shape index (κ1) is 21.7. The molecular weight excluding hydrogens is 396 g/mol. The molecule has 3 aromatic rings. The van der Waals surface area contributed by atoms with Crippen LogP contribution < -0.4 is 11.1 Å². The molecule has 3 N–H and O–H groups in total. The van der Waals surface area contributed by atoms with Gasteiger partial charge in [0.05, 0.1) is 17.6 Å². The number of esters is 1. The summed E-state index contributed by atoms with van der Waals surface area (Å²) in [5.41, 5.74) is 9.36. The van der Waals surface area contributed by atoms with E-state index in [4.69, 9.17) is 10.5 Å². The number of anilines is 2. The van der Waals surface area contributed by atoms with Crippen LogP contribution >= 0.6 is 11.3 Å². The predicted molar refractivity (Wildman–Crippen MR) is 122 cm³/mol. The fourth-order valence-electron chi connectivity index (χ4n) is 3.31. The molecule has 2 aromatic carbocycles. The van der Waals surface area contributed by atoms with Crippen molar-refractivity contribution in [3.8, 4) is 0 Å². The number of unbranched alkanes of at least 4 members (excludes halogenated alkanes) is 1. The Bertz CT molecular complexity index is 1030. The summed E-state index contributed by atoms with van der Waals surface area (Å²) in [6, 6.07) is 17.0. The lowest BCUT2D eigenvalue weighted by Crippen LogP contribution is -2.10. The highest BCUT2D eigenvalue weighted by molar-refractivity contribution is 7.18. The molecule has 0 atom stereocenters. The highest BCUT2D eigenvalue weighted by atomic mass is 32.1. The fourth-order valence-corrected chi connectivity index (χ4v) is 4.53. The number of carbonyl (C=O) groups is 2. The summed E-state index contributed by atoms with van der Waals surface area (Å²) in [5.74, 6) is -0.540. The minimum Gasteiger partial charge on any atom is -0.465 e. The predicted octanol–water partition coefficient (Wildman–Crippen LogP) is 5.10. The van der Waals surface area contributed by atoms with Crippen LogP contribution in [-0.2, 0) is 11.2 Å². The summed E-state index contributed by atoms with van der Waals surface area (Å²) < 4.78 is 5.08. The van der Waals surface area contributed by atoms with E-state index >= 15 is 0 Å². The van der Waals surface area contributed by atoms with Crippen molar-refractivity contribution >= 4 is 33.8 Å². The average molecular weight is 423 g/mol. The van der Waals surface area contributed by atoms with Gasteiger partial charge >= 0.3 is 5.97 Å². The number of nitrogens with two attached hydrogens (primary N) is 1. The van der Waals surface area contributed by atoms with E-state index in [1.165, 1.54) is 18.4 Å². The number of nitrogens with one attached hydrogen (secondary N) is 1. The van der Waals surface area contributed by atoms with Crippen LogP contribution in [0.1, 0.15) is 49.6 Å². The summed E-state index contributed by atoms with van der Waals surface area (Å²) in [6.07, 6.45) is 2.19. The normalized spacial score (nSPS) is 10.6. The van der Waals surface area contributed by atoms with Crippen LogP contribution in [0, 0.1) is 6.92 Å². The zero-order valence-corrected chi connectivity index (χ0v) is 18.1. The van der Waals surface area contributed by atoms with E-state index in [2.05, 4.69) is 5.32 Å². The van der Waals surface area contributed by atoms with Crippen LogP contribution in [0.2, 0.25) is 0 Å². The van der Waals surface area contributed by atoms with Gasteiger partial charge in [-0.25, -0.2) is 4.79 Å². The Morgan fingerprint density at radius 3 is 2.50 bits per heavy atom. The zero-order chi connectivity index (χ0) is 21.5. The quantitative estimate of drug-likeness (QED) is 0.285. The maximum Gasteiger partial charge on any atom is 0.341 e. The van der Waals surface area contributed by atoms with Gasteiger partial charge in [0, 0.05) is 11.3 Å². The lowest BCUT2D eigenvalue weighted by molar-refractivity contribution is 0.0601. The second-order valence-corrected chi connectivity index (χ2v) is 8.06. The molecule has 0 aliphatic rings. The van der Waals surface area contributed by atoms with Gasteiger partial charge in [0.2, 0.25) is 5.78 Å². The van der Waals surface area contributed by atoms with Crippen molar-refractivity contribution in [3.05, 3.63) is 81.7 Å². The van der Waals surface area contributed by atoms with Crippen molar-refractivity contribution in [2.24, 2.45) is 5.73 Å². The molecule has 0 amide bonds. The molecule has 30 heavy (non-hydrogen) atoms. The molecule has 0 aliphatic heterocycles. The van der Waals surface area contributed by atoms with Crippen molar-refractivity contribution in [1.29, 1.82) is 0 Å². The molecule has 1 aromatic heterocycles. The molecule has 6 heteroatoms. The number of carbonyl (C=O) groups excluding carboxylic acids is 2. The Kier molecular flexibility index (Phi) is 7.38. The second kappa shape index (κ2) is 10.2. The topological polar surface area (TPSA) is 81.4 Å². The third kappa shape index (κ3) is 4.96. The van der Waals surface area contributed by atoms with Gasteiger partial charge in [0.1, 0.15) is 5.00 Å². The van der Waals surface area contributed by atoms with Crippen LogP contribution in [0.3, 0.4) is 0 Å². The molecule has 0 saturated carbocycles. The van der Waals surface area contributed by atoms with Gasteiger partial charge in [0.15, 0.2) is 0 Å². The Morgan fingerprint density at radius 1 is 1.07 bits per heavy atom. The van der Waals surface area contributed by atoms with Crippen molar-refractivity contribution in [2.75, 3.05) is 19.0 Å². The van der Waals surface area contributed by atoms with E-state index in [-0.39, 0.29) is 5.78 Å². The Labute approximate surface area is 180 Å². The SMILES string of the molecule is COC(=O)c1c(Nc2cccc(C)c2)sc(C(=O)c2ccccc2)c1CCCCN. The average Bonchev–Trinajstić information content (AvgIpc) is 3.11. The molecule has 1 heterocycles. The monoisotopic (exact) mass is 422 g/mol. The molecule has 0 spiro atoms. The summed E-state index contributed by atoms with van der Waals surface area (Å²) in [7, 11) is 1.36. The van der Waals surface area contributed by atoms with Gasteiger partial charge in [-0.3, -0.25) is 4.79 Å². The molecule has 0 saturated heterocycles. The number of benzene rings is 2. The Balaban J connectivity index is 2.10. The van der Waals surface area contributed by atoms with Crippen molar-refractivity contribution in [3.63, 3.8) is 0 Å². The molecule has 0 fully saturated rings. The van der Waals surface area contributed by atoms with E-state index in [0.717, 1.165) is 29.7 Å². The number of hydrogen-bond donors (Lipinski definition) is 2. The minimum absolute atomic E-state index is 0.0919. The van der Waals surface area contributed by atoms with Crippen LogP contribution in [-0.4, -0.2) is 25.4 Å². The second-order valence-electron chi connectivity index (χ2n) is 7.04. The van der Waals surface area contributed by atoms with Gasteiger partial charge in [-0.2, -0.15) is 0 Å². The zero-order valence-electron chi connectivity index (χ0n) is 17.2. The van der Waals surface area contributed by atoms with Gasteiger partial charge in [0.25, 0.3) is 0 Å². The highest BCUT2D eigenvalue weighted by Crippen LogP contribution is 2.38. The summed E-state index contributed by atoms with van der Waals surface area (Å²) >= 11 is 1.30. The van der Waals surface area contributed by atoms with Crippen LogP contribution in [0.25, 0.3) is 0 Å². The maximum absolute atomic E-state index is 13.3. The minimum atomic E-state index is -0.448. The number of rotatable bonds is 9. The largest absolute Gasteiger partial charge is 0.465 e.